The first-order valence-corrected chi connectivity index (χ1v) is 9.70. The molecule has 27 heavy (non-hydrogen) atoms. The lowest BCUT2D eigenvalue weighted by molar-refractivity contribution is 0.0950. The van der Waals surface area contributed by atoms with E-state index in [2.05, 4.69) is 10.4 Å². The summed E-state index contributed by atoms with van der Waals surface area (Å²) in [5.74, 6) is 0.301. The Morgan fingerprint density at radius 1 is 1.15 bits per heavy atom. The second-order valence-electron chi connectivity index (χ2n) is 6.17. The number of benzene rings is 1. The second kappa shape index (κ2) is 7.37. The zero-order valence-electron chi connectivity index (χ0n) is 15.3. The molecule has 0 saturated carbocycles. The number of carbonyl (C=O) groups excluding carboxylic acids is 1. The summed E-state index contributed by atoms with van der Waals surface area (Å²) in [7, 11) is 1.11. The molecule has 0 aliphatic rings. The van der Waals surface area contributed by atoms with Gasteiger partial charge in [0.05, 0.1) is 11.1 Å². The van der Waals surface area contributed by atoms with Crippen LogP contribution in [0.3, 0.4) is 0 Å². The summed E-state index contributed by atoms with van der Waals surface area (Å²) < 4.78 is 29.5. The van der Waals surface area contributed by atoms with Crippen molar-refractivity contribution in [3.63, 3.8) is 0 Å². The van der Waals surface area contributed by atoms with Crippen molar-refractivity contribution < 1.29 is 13.2 Å². The zero-order valence-corrected chi connectivity index (χ0v) is 16.1. The minimum Gasteiger partial charge on any atom is -0.348 e. The average molecular weight is 387 g/mol. The van der Waals surface area contributed by atoms with E-state index >= 15 is 0 Å². The fraction of sp³-hybridized carbons (Fsp3) is 0.222. The molecule has 0 fully saturated rings. The molecule has 1 N–H and O–H groups in total. The Kier molecular flexibility index (Phi) is 5.15. The summed E-state index contributed by atoms with van der Waals surface area (Å²) in [6.07, 6.45) is 5.15. The molecule has 0 unspecified atom stereocenters. The van der Waals surface area contributed by atoms with Crippen LogP contribution in [0.1, 0.15) is 15.9 Å². The van der Waals surface area contributed by atoms with Gasteiger partial charge in [-0.25, -0.2) is 12.7 Å². The molecule has 1 aromatic carbocycles. The van der Waals surface area contributed by atoms with Gasteiger partial charge in [0.25, 0.3) is 5.91 Å². The highest BCUT2D eigenvalue weighted by atomic mass is 32.2. The van der Waals surface area contributed by atoms with Crippen LogP contribution < -0.4 is 5.32 Å². The first-order chi connectivity index (χ1) is 12.8. The van der Waals surface area contributed by atoms with E-state index in [1.54, 1.807) is 34.5 Å². The molecule has 0 aliphatic carbocycles. The third kappa shape index (κ3) is 3.64. The summed E-state index contributed by atoms with van der Waals surface area (Å²) in [6, 6.07) is 10.3. The van der Waals surface area contributed by atoms with E-state index in [9.17, 15) is 13.2 Å². The molecular weight excluding hydrogens is 366 g/mol. The van der Waals surface area contributed by atoms with Gasteiger partial charge in [0, 0.05) is 40.1 Å². The van der Waals surface area contributed by atoms with E-state index in [0.717, 1.165) is 4.31 Å². The number of nitrogens with zero attached hydrogens (tertiary/aromatic N) is 4. The average Bonchev–Trinajstić information content (AvgIpc) is 3.29. The fourth-order valence-electron chi connectivity index (χ4n) is 2.74. The van der Waals surface area contributed by atoms with Crippen LogP contribution in [0.4, 0.5) is 0 Å². The van der Waals surface area contributed by atoms with Gasteiger partial charge in [0.2, 0.25) is 10.0 Å². The number of carbonyl (C=O) groups is 1. The lowest BCUT2D eigenvalue weighted by Crippen LogP contribution is -2.27. The number of amides is 1. The Balaban J connectivity index is 1.85. The van der Waals surface area contributed by atoms with Gasteiger partial charge in [-0.2, -0.15) is 5.10 Å². The molecule has 0 radical (unpaired) electrons. The van der Waals surface area contributed by atoms with Gasteiger partial charge >= 0.3 is 0 Å². The number of sulfonamides is 1. The van der Waals surface area contributed by atoms with Gasteiger partial charge in [-0.05, 0) is 23.8 Å². The number of rotatable bonds is 6. The summed E-state index contributed by atoms with van der Waals surface area (Å²) in [5.41, 5.74) is 0.924. The van der Waals surface area contributed by atoms with Crippen molar-refractivity contribution in [2.75, 3.05) is 14.1 Å². The Morgan fingerprint density at radius 3 is 2.48 bits per heavy atom. The second-order valence-corrected chi connectivity index (χ2v) is 8.29. The smallest absolute Gasteiger partial charge is 0.256 e. The summed E-state index contributed by atoms with van der Waals surface area (Å²) in [6.45, 7) is 0.0854. The quantitative estimate of drug-likeness (QED) is 0.692. The topological polar surface area (TPSA) is 89.2 Å². The summed E-state index contributed by atoms with van der Waals surface area (Å²) in [5, 5.41) is 6.95. The van der Waals surface area contributed by atoms with Gasteiger partial charge in [-0.3, -0.25) is 9.48 Å². The van der Waals surface area contributed by atoms with Crippen LogP contribution in [0, 0.1) is 0 Å². The van der Waals surface area contributed by atoms with Crippen LogP contribution in [0.15, 0.2) is 59.9 Å². The Labute approximate surface area is 158 Å². The molecule has 142 valence electrons. The van der Waals surface area contributed by atoms with Crippen LogP contribution in [0.25, 0.3) is 5.82 Å². The van der Waals surface area contributed by atoms with Crippen molar-refractivity contribution in [1.29, 1.82) is 0 Å². The van der Waals surface area contributed by atoms with Gasteiger partial charge in [0.1, 0.15) is 11.4 Å². The maximum Gasteiger partial charge on any atom is 0.256 e. The molecule has 3 aromatic rings. The van der Waals surface area contributed by atoms with Gasteiger partial charge in [-0.15, -0.1) is 0 Å². The molecule has 9 heteroatoms. The predicted octanol–water partition coefficient (Wildman–Crippen LogP) is 1.39. The van der Waals surface area contributed by atoms with Crippen LogP contribution >= 0.6 is 0 Å². The maximum atomic E-state index is 12.7. The van der Waals surface area contributed by atoms with Crippen molar-refractivity contribution in [2.45, 2.75) is 11.4 Å². The first kappa shape index (κ1) is 18.9. The number of hydrogen-bond donors (Lipinski definition) is 1. The van der Waals surface area contributed by atoms with E-state index in [1.807, 2.05) is 24.5 Å². The highest BCUT2D eigenvalue weighted by Gasteiger charge is 2.22. The Bertz CT molecular complexity index is 1050. The highest BCUT2D eigenvalue weighted by Crippen LogP contribution is 2.19. The molecule has 2 aromatic heterocycles. The van der Waals surface area contributed by atoms with Crippen molar-refractivity contribution in [3.05, 3.63) is 66.1 Å². The largest absolute Gasteiger partial charge is 0.348 e. The van der Waals surface area contributed by atoms with Gasteiger partial charge < -0.3 is 9.88 Å². The number of aryl methyl sites for hydroxylation is 1. The van der Waals surface area contributed by atoms with E-state index in [0.29, 0.717) is 16.9 Å². The summed E-state index contributed by atoms with van der Waals surface area (Å²) in [4.78, 5) is 12.9. The fourth-order valence-corrected chi connectivity index (χ4v) is 3.86. The van der Waals surface area contributed by atoms with Crippen molar-refractivity contribution in [3.8, 4) is 5.82 Å². The zero-order chi connectivity index (χ0) is 19.6. The molecule has 0 aliphatic heterocycles. The van der Waals surface area contributed by atoms with Crippen LogP contribution in [0.2, 0.25) is 0 Å². The van der Waals surface area contributed by atoms with Crippen molar-refractivity contribution in [1.82, 2.24) is 24.0 Å². The number of hydrogen-bond acceptors (Lipinski definition) is 4. The Morgan fingerprint density at radius 2 is 1.81 bits per heavy atom. The normalized spacial score (nSPS) is 11.7. The molecule has 0 saturated heterocycles. The van der Waals surface area contributed by atoms with E-state index in [4.69, 9.17) is 0 Å². The highest BCUT2D eigenvalue weighted by molar-refractivity contribution is 7.89. The molecule has 2 heterocycles. The van der Waals surface area contributed by atoms with Gasteiger partial charge in [-0.1, -0.05) is 18.2 Å². The first-order valence-electron chi connectivity index (χ1n) is 8.26. The van der Waals surface area contributed by atoms with Crippen LogP contribution in [0.5, 0.6) is 0 Å². The van der Waals surface area contributed by atoms with E-state index in [1.165, 1.54) is 26.4 Å². The standard InChI is InChI=1S/C18H21N5O3S/c1-21(2)27(25,26)16-9-5-4-8-14(16)12-19-17(24)15-13-20-22(3)18(15)23-10-6-7-11-23/h4-11,13H,12H2,1-3H3,(H,19,24). The van der Waals surface area contributed by atoms with Gasteiger partial charge in [0.15, 0.2) is 0 Å². The van der Waals surface area contributed by atoms with Crippen molar-refractivity contribution in [2.24, 2.45) is 7.05 Å². The van der Waals surface area contributed by atoms with E-state index in [-0.39, 0.29) is 17.3 Å². The monoisotopic (exact) mass is 387 g/mol. The molecule has 3 rings (SSSR count). The minimum absolute atomic E-state index is 0.0854. The summed E-state index contributed by atoms with van der Waals surface area (Å²) >= 11 is 0. The molecule has 1 amide bonds. The maximum absolute atomic E-state index is 12.7. The third-order valence-corrected chi connectivity index (χ3v) is 6.09. The van der Waals surface area contributed by atoms with Crippen LogP contribution in [-0.4, -0.2) is 47.1 Å². The SMILES string of the molecule is CN(C)S(=O)(=O)c1ccccc1CNC(=O)c1cnn(C)c1-n1cccc1. The minimum atomic E-state index is -3.60. The predicted molar refractivity (Wildman–Crippen MR) is 101 cm³/mol. The molecular formula is C18H21N5O3S. The molecule has 0 spiro atoms. The van der Waals surface area contributed by atoms with Crippen molar-refractivity contribution >= 4 is 15.9 Å². The number of nitrogens with one attached hydrogen (secondary N) is 1. The van der Waals surface area contributed by atoms with E-state index < -0.39 is 10.0 Å². The lowest BCUT2D eigenvalue weighted by atomic mass is 10.2. The number of aromatic nitrogens is 3. The third-order valence-electron chi connectivity index (χ3n) is 4.17. The lowest BCUT2D eigenvalue weighted by Gasteiger charge is -2.15. The van der Waals surface area contributed by atoms with Crippen LogP contribution in [-0.2, 0) is 23.6 Å². The molecule has 8 nitrogen and oxygen atoms in total. The molecule has 0 atom stereocenters. The molecule has 0 bridgehead atoms. The Hall–Kier alpha value is -2.91.